The Balaban J connectivity index is 1.35. The largest absolute Gasteiger partial charge is 0.460 e. The van der Waals surface area contributed by atoms with Crippen LogP contribution in [0.4, 0.5) is 0 Å². The summed E-state index contributed by atoms with van der Waals surface area (Å²) in [5, 5.41) is 4.80. The maximum atomic E-state index is 5.83. The highest BCUT2D eigenvalue weighted by Gasteiger charge is 2.38. The summed E-state index contributed by atoms with van der Waals surface area (Å²) in [6, 6.07) is 10.4. The van der Waals surface area contributed by atoms with E-state index in [-0.39, 0.29) is 0 Å². The molecule has 2 aliphatic carbocycles. The highest BCUT2D eigenvalue weighted by molar-refractivity contribution is 5.77. The Morgan fingerprint density at radius 2 is 2.11 bits per heavy atom. The third kappa shape index (κ3) is 2.18. The van der Waals surface area contributed by atoms with Gasteiger partial charge in [-0.25, -0.2) is 0 Å². The molecule has 2 fully saturated rings. The van der Waals surface area contributed by atoms with Gasteiger partial charge in [0.05, 0.1) is 6.54 Å². The number of furan rings is 1. The summed E-state index contributed by atoms with van der Waals surface area (Å²) in [7, 11) is 0. The predicted octanol–water partition coefficient (Wildman–Crippen LogP) is 3.96. The standard InChI is InChI=1S/C17H21NO/c1-2-4-17-14(3-1)9-16(19-17)11-18-10-15-8-12-5-6-13(15)7-12/h1-4,9,12-13,15,18H,5-8,10-11H2. The van der Waals surface area contributed by atoms with Crippen LogP contribution in [0.5, 0.6) is 0 Å². The molecule has 2 aromatic rings. The van der Waals surface area contributed by atoms with Crippen LogP contribution < -0.4 is 5.32 Å². The highest BCUT2D eigenvalue weighted by Crippen LogP contribution is 2.47. The zero-order valence-electron chi connectivity index (χ0n) is 11.3. The van der Waals surface area contributed by atoms with Gasteiger partial charge in [-0.15, -0.1) is 0 Å². The first-order valence-corrected chi connectivity index (χ1v) is 7.56. The SMILES string of the molecule is c1ccc2oc(CNCC3CC4CCC3C4)cc2c1. The van der Waals surface area contributed by atoms with E-state index in [2.05, 4.69) is 23.5 Å². The number of hydrogen-bond acceptors (Lipinski definition) is 2. The summed E-state index contributed by atoms with van der Waals surface area (Å²) in [5.41, 5.74) is 0.999. The Morgan fingerprint density at radius 1 is 1.16 bits per heavy atom. The molecule has 3 unspecified atom stereocenters. The van der Waals surface area contributed by atoms with Crippen LogP contribution in [0.25, 0.3) is 11.0 Å². The Kier molecular flexibility index (Phi) is 2.84. The summed E-state index contributed by atoms with van der Waals surface area (Å²) in [5.74, 6) is 4.03. The van der Waals surface area contributed by atoms with Gasteiger partial charge in [-0.05, 0) is 55.7 Å². The van der Waals surface area contributed by atoms with Crippen molar-refractivity contribution in [2.75, 3.05) is 6.54 Å². The van der Waals surface area contributed by atoms with E-state index in [1.165, 1.54) is 31.1 Å². The fourth-order valence-corrected chi connectivity index (χ4v) is 4.13. The molecule has 19 heavy (non-hydrogen) atoms. The lowest BCUT2D eigenvalue weighted by molar-refractivity contribution is 0.315. The third-order valence-corrected chi connectivity index (χ3v) is 5.07. The van der Waals surface area contributed by atoms with Crippen molar-refractivity contribution >= 4 is 11.0 Å². The van der Waals surface area contributed by atoms with Crippen LogP contribution in [-0.2, 0) is 6.54 Å². The summed E-state index contributed by atoms with van der Waals surface area (Å²) >= 11 is 0. The van der Waals surface area contributed by atoms with Gasteiger partial charge < -0.3 is 9.73 Å². The van der Waals surface area contributed by atoms with Gasteiger partial charge in [-0.1, -0.05) is 24.6 Å². The van der Waals surface area contributed by atoms with E-state index in [1.807, 2.05) is 12.1 Å². The molecule has 2 saturated carbocycles. The van der Waals surface area contributed by atoms with Gasteiger partial charge >= 0.3 is 0 Å². The van der Waals surface area contributed by atoms with Gasteiger partial charge in [0.15, 0.2) is 0 Å². The van der Waals surface area contributed by atoms with Gasteiger partial charge in [0.25, 0.3) is 0 Å². The number of fused-ring (bicyclic) bond motifs is 3. The predicted molar refractivity (Wildman–Crippen MR) is 76.9 cm³/mol. The molecule has 2 nitrogen and oxygen atoms in total. The molecule has 1 N–H and O–H groups in total. The van der Waals surface area contributed by atoms with E-state index >= 15 is 0 Å². The number of benzene rings is 1. The molecule has 1 heterocycles. The van der Waals surface area contributed by atoms with E-state index < -0.39 is 0 Å². The Bertz CT molecular complexity index is 540. The monoisotopic (exact) mass is 255 g/mol. The normalized spacial score (nSPS) is 29.4. The third-order valence-electron chi connectivity index (χ3n) is 5.07. The summed E-state index contributed by atoms with van der Waals surface area (Å²) < 4.78 is 5.83. The topological polar surface area (TPSA) is 25.2 Å². The van der Waals surface area contributed by atoms with Crippen molar-refractivity contribution in [1.82, 2.24) is 5.32 Å². The Hall–Kier alpha value is -1.28. The first-order valence-electron chi connectivity index (χ1n) is 7.56. The van der Waals surface area contributed by atoms with Crippen LogP contribution in [0.1, 0.15) is 31.4 Å². The molecule has 0 aliphatic heterocycles. The molecule has 4 rings (SSSR count). The van der Waals surface area contributed by atoms with E-state index in [4.69, 9.17) is 4.42 Å². The molecule has 1 aromatic carbocycles. The van der Waals surface area contributed by atoms with Crippen LogP contribution in [0, 0.1) is 17.8 Å². The van der Waals surface area contributed by atoms with Gasteiger partial charge in [0.2, 0.25) is 0 Å². The lowest BCUT2D eigenvalue weighted by Gasteiger charge is -2.21. The molecule has 100 valence electrons. The lowest BCUT2D eigenvalue weighted by Crippen LogP contribution is -2.26. The van der Waals surface area contributed by atoms with E-state index in [9.17, 15) is 0 Å². The molecule has 1 aromatic heterocycles. The number of nitrogens with one attached hydrogen (secondary N) is 1. The first-order chi connectivity index (χ1) is 9.38. The van der Waals surface area contributed by atoms with Crippen molar-refractivity contribution < 1.29 is 4.42 Å². The smallest absolute Gasteiger partial charge is 0.134 e. The second-order valence-corrected chi connectivity index (χ2v) is 6.32. The molecule has 2 aliphatic rings. The minimum Gasteiger partial charge on any atom is -0.460 e. The second kappa shape index (κ2) is 4.68. The fraction of sp³-hybridized carbons (Fsp3) is 0.529. The van der Waals surface area contributed by atoms with Gasteiger partial charge in [-0.3, -0.25) is 0 Å². The van der Waals surface area contributed by atoms with Crippen molar-refractivity contribution in [3.05, 3.63) is 36.1 Å². The van der Waals surface area contributed by atoms with E-state index in [0.29, 0.717) is 0 Å². The zero-order chi connectivity index (χ0) is 12.7. The van der Waals surface area contributed by atoms with Crippen molar-refractivity contribution in [3.63, 3.8) is 0 Å². The minimum absolute atomic E-state index is 0.864. The molecule has 0 radical (unpaired) electrons. The quantitative estimate of drug-likeness (QED) is 0.894. The minimum atomic E-state index is 0.864. The van der Waals surface area contributed by atoms with Crippen molar-refractivity contribution in [2.24, 2.45) is 17.8 Å². The molecule has 2 bridgehead atoms. The van der Waals surface area contributed by atoms with Crippen LogP contribution >= 0.6 is 0 Å². The second-order valence-electron chi connectivity index (χ2n) is 6.32. The number of para-hydroxylation sites is 1. The van der Waals surface area contributed by atoms with Crippen molar-refractivity contribution in [3.8, 4) is 0 Å². The zero-order valence-corrected chi connectivity index (χ0v) is 11.3. The molecular formula is C17H21NO. The Labute approximate surface area is 114 Å². The van der Waals surface area contributed by atoms with Crippen molar-refractivity contribution in [2.45, 2.75) is 32.2 Å². The van der Waals surface area contributed by atoms with Crippen LogP contribution in [0.15, 0.2) is 34.7 Å². The average molecular weight is 255 g/mol. The summed E-state index contributed by atoms with van der Waals surface area (Å²) in [6.07, 6.45) is 5.92. The van der Waals surface area contributed by atoms with Crippen LogP contribution in [0.3, 0.4) is 0 Å². The van der Waals surface area contributed by atoms with E-state index in [1.54, 1.807) is 0 Å². The average Bonchev–Trinajstić information content (AvgIpc) is 3.12. The fourth-order valence-electron chi connectivity index (χ4n) is 4.13. The van der Waals surface area contributed by atoms with E-state index in [0.717, 1.165) is 42.2 Å². The van der Waals surface area contributed by atoms with Gasteiger partial charge in [-0.2, -0.15) is 0 Å². The lowest BCUT2D eigenvalue weighted by atomic mass is 9.89. The molecule has 3 atom stereocenters. The van der Waals surface area contributed by atoms with Crippen LogP contribution in [-0.4, -0.2) is 6.54 Å². The molecule has 0 spiro atoms. The molecular weight excluding hydrogens is 234 g/mol. The molecule has 0 amide bonds. The van der Waals surface area contributed by atoms with Crippen molar-refractivity contribution in [1.29, 1.82) is 0 Å². The maximum Gasteiger partial charge on any atom is 0.134 e. The number of rotatable bonds is 4. The van der Waals surface area contributed by atoms with Crippen LogP contribution in [0.2, 0.25) is 0 Å². The van der Waals surface area contributed by atoms with Gasteiger partial charge in [0, 0.05) is 5.39 Å². The first kappa shape index (κ1) is 11.5. The molecule has 2 heteroatoms. The highest BCUT2D eigenvalue weighted by atomic mass is 16.3. The maximum absolute atomic E-state index is 5.83. The molecule has 0 saturated heterocycles. The summed E-state index contributed by atoms with van der Waals surface area (Å²) in [4.78, 5) is 0. The summed E-state index contributed by atoms with van der Waals surface area (Å²) in [6.45, 7) is 2.03. The van der Waals surface area contributed by atoms with Gasteiger partial charge in [0.1, 0.15) is 11.3 Å². The Morgan fingerprint density at radius 3 is 2.89 bits per heavy atom. The number of hydrogen-bond donors (Lipinski definition) is 1.